The van der Waals surface area contributed by atoms with Crippen LogP contribution in [-0.2, 0) is 14.6 Å². The van der Waals surface area contributed by atoms with Gasteiger partial charge in [0.25, 0.3) is 0 Å². The van der Waals surface area contributed by atoms with Gasteiger partial charge >= 0.3 is 0 Å². The molecular formula is C12H16BrNO3S. The molecule has 18 heavy (non-hydrogen) atoms. The molecule has 0 fully saturated rings. The normalized spacial score (nSPS) is 11.3. The molecule has 1 aromatic carbocycles. The van der Waals surface area contributed by atoms with Crippen LogP contribution >= 0.6 is 15.9 Å². The van der Waals surface area contributed by atoms with E-state index in [2.05, 4.69) is 15.9 Å². The highest BCUT2D eigenvalue weighted by molar-refractivity contribution is 9.10. The maximum atomic E-state index is 12.0. The summed E-state index contributed by atoms with van der Waals surface area (Å²) >= 11 is 3.24. The fraction of sp³-hybridized carbons (Fsp3) is 0.417. The zero-order chi connectivity index (χ0) is 13.8. The fourth-order valence-corrected chi connectivity index (χ4v) is 3.04. The summed E-state index contributed by atoms with van der Waals surface area (Å²) in [5.74, 6) is -0.834. The van der Waals surface area contributed by atoms with Gasteiger partial charge in [0.1, 0.15) is 5.75 Å². The minimum absolute atomic E-state index is 0.172. The Bertz CT molecular complexity index is 507. The Morgan fingerprint density at radius 2 is 1.67 bits per heavy atom. The largest absolute Gasteiger partial charge is 0.342 e. The highest BCUT2D eigenvalue weighted by Crippen LogP contribution is 2.16. The van der Waals surface area contributed by atoms with Crippen molar-refractivity contribution < 1.29 is 13.2 Å². The van der Waals surface area contributed by atoms with Crippen molar-refractivity contribution in [3.8, 4) is 0 Å². The Labute approximate surface area is 116 Å². The first-order valence-electron chi connectivity index (χ1n) is 5.66. The number of halogens is 1. The fourth-order valence-electron chi connectivity index (χ4n) is 1.56. The van der Waals surface area contributed by atoms with Crippen LogP contribution in [0.15, 0.2) is 33.6 Å². The summed E-state index contributed by atoms with van der Waals surface area (Å²) in [4.78, 5) is 13.5. The van der Waals surface area contributed by atoms with Crippen molar-refractivity contribution in [3.63, 3.8) is 0 Å². The van der Waals surface area contributed by atoms with Gasteiger partial charge in [0.05, 0.1) is 4.90 Å². The van der Waals surface area contributed by atoms with E-state index in [0.717, 1.165) is 4.47 Å². The van der Waals surface area contributed by atoms with E-state index in [-0.39, 0.29) is 10.8 Å². The van der Waals surface area contributed by atoms with Crippen molar-refractivity contribution in [1.29, 1.82) is 0 Å². The van der Waals surface area contributed by atoms with E-state index in [1.165, 1.54) is 17.0 Å². The van der Waals surface area contributed by atoms with Crippen molar-refractivity contribution in [2.75, 3.05) is 18.8 Å². The number of rotatable bonds is 5. The number of amides is 1. The number of carbonyl (C=O) groups is 1. The number of hydrogen-bond acceptors (Lipinski definition) is 3. The third kappa shape index (κ3) is 3.81. The number of sulfone groups is 1. The van der Waals surface area contributed by atoms with Crippen molar-refractivity contribution in [2.24, 2.45) is 0 Å². The van der Waals surface area contributed by atoms with Crippen LogP contribution in [0.1, 0.15) is 13.8 Å². The van der Waals surface area contributed by atoms with E-state index < -0.39 is 15.6 Å². The summed E-state index contributed by atoms with van der Waals surface area (Å²) in [6, 6.07) is 6.29. The van der Waals surface area contributed by atoms with Gasteiger partial charge in [-0.05, 0) is 38.1 Å². The minimum Gasteiger partial charge on any atom is -0.342 e. The van der Waals surface area contributed by atoms with Crippen LogP contribution in [0.2, 0.25) is 0 Å². The van der Waals surface area contributed by atoms with Crippen LogP contribution in [-0.4, -0.2) is 38.1 Å². The van der Waals surface area contributed by atoms with Crippen molar-refractivity contribution in [2.45, 2.75) is 18.7 Å². The van der Waals surface area contributed by atoms with Gasteiger partial charge in [-0.2, -0.15) is 0 Å². The highest BCUT2D eigenvalue weighted by Gasteiger charge is 2.21. The average Bonchev–Trinajstić information content (AvgIpc) is 2.30. The van der Waals surface area contributed by atoms with E-state index in [4.69, 9.17) is 0 Å². The molecule has 0 aliphatic rings. The second-order valence-electron chi connectivity index (χ2n) is 3.78. The lowest BCUT2D eigenvalue weighted by atomic mass is 10.4. The molecule has 0 aromatic heterocycles. The van der Waals surface area contributed by atoms with Gasteiger partial charge in [-0.25, -0.2) is 8.42 Å². The van der Waals surface area contributed by atoms with E-state index in [1.807, 2.05) is 13.8 Å². The molecule has 0 N–H and O–H groups in total. The van der Waals surface area contributed by atoms with Crippen LogP contribution in [0.5, 0.6) is 0 Å². The Kier molecular flexibility index (Phi) is 5.34. The summed E-state index contributed by atoms with van der Waals surface area (Å²) in [6.45, 7) is 4.69. The molecule has 0 radical (unpaired) electrons. The standard InChI is InChI=1S/C12H16BrNO3S/c1-3-14(4-2)12(15)9-18(16,17)11-7-5-10(13)6-8-11/h5-8H,3-4,9H2,1-2H3. The van der Waals surface area contributed by atoms with E-state index in [9.17, 15) is 13.2 Å². The van der Waals surface area contributed by atoms with Gasteiger partial charge < -0.3 is 4.90 Å². The SMILES string of the molecule is CCN(CC)C(=O)CS(=O)(=O)c1ccc(Br)cc1. The summed E-state index contributed by atoms with van der Waals surface area (Å²) in [5.41, 5.74) is 0. The Morgan fingerprint density at radius 1 is 1.17 bits per heavy atom. The van der Waals surface area contributed by atoms with Gasteiger partial charge in [-0.3, -0.25) is 4.79 Å². The molecule has 4 nitrogen and oxygen atoms in total. The minimum atomic E-state index is -3.55. The van der Waals surface area contributed by atoms with E-state index in [0.29, 0.717) is 13.1 Å². The first-order chi connectivity index (χ1) is 8.40. The zero-order valence-electron chi connectivity index (χ0n) is 10.4. The molecule has 100 valence electrons. The first-order valence-corrected chi connectivity index (χ1v) is 8.11. The lowest BCUT2D eigenvalue weighted by Gasteiger charge is -2.18. The van der Waals surface area contributed by atoms with Crippen molar-refractivity contribution >= 4 is 31.7 Å². The molecule has 0 heterocycles. The predicted octanol–water partition coefficient (Wildman–Crippen LogP) is 2.09. The Balaban J connectivity index is 2.89. The molecule has 0 saturated heterocycles. The van der Waals surface area contributed by atoms with Crippen LogP contribution in [0.4, 0.5) is 0 Å². The second kappa shape index (κ2) is 6.33. The summed E-state index contributed by atoms with van der Waals surface area (Å²) < 4.78 is 24.9. The molecule has 1 amide bonds. The topological polar surface area (TPSA) is 54.5 Å². The molecular weight excluding hydrogens is 318 g/mol. The molecule has 0 bridgehead atoms. The van der Waals surface area contributed by atoms with Crippen LogP contribution in [0.3, 0.4) is 0 Å². The van der Waals surface area contributed by atoms with Gasteiger partial charge in [0.2, 0.25) is 5.91 Å². The van der Waals surface area contributed by atoms with Crippen molar-refractivity contribution in [1.82, 2.24) is 4.90 Å². The molecule has 0 aliphatic carbocycles. The molecule has 1 rings (SSSR count). The Morgan fingerprint density at radius 3 is 2.11 bits per heavy atom. The van der Waals surface area contributed by atoms with Gasteiger partial charge in [0, 0.05) is 17.6 Å². The quantitative estimate of drug-likeness (QED) is 0.829. The number of carbonyl (C=O) groups excluding carboxylic acids is 1. The molecule has 0 unspecified atom stereocenters. The monoisotopic (exact) mass is 333 g/mol. The van der Waals surface area contributed by atoms with Gasteiger partial charge in [-0.15, -0.1) is 0 Å². The molecule has 0 saturated carbocycles. The van der Waals surface area contributed by atoms with E-state index in [1.54, 1.807) is 12.1 Å². The zero-order valence-corrected chi connectivity index (χ0v) is 12.8. The molecule has 1 aromatic rings. The number of hydrogen-bond donors (Lipinski definition) is 0. The van der Waals surface area contributed by atoms with Gasteiger partial charge in [-0.1, -0.05) is 15.9 Å². The van der Waals surface area contributed by atoms with Gasteiger partial charge in [0.15, 0.2) is 9.84 Å². The first kappa shape index (κ1) is 15.2. The average molecular weight is 334 g/mol. The predicted molar refractivity (Wildman–Crippen MR) is 74.1 cm³/mol. The van der Waals surface area contributed by atoms with Crippen LogP contribution < -0.4 is 0 Å². The molecule has 6 heteroatoms. The molecule has 0 spiro atoms. The van der Waals surface area contributed by atoms with Crippen LogP contribution in [0, 0.1) is 0 Å². The lowest BCUT2D eigenvalue weighted by molar-refractivity contribution is -0.128. The molecule has 0 atom stereocenters. The van der Waals surface area contributed by atoms with E-state index >= 15 is 0 Å². The van der Waals surface area contributed by atoms with Crippen molar-refractivity contribution in [3.05, 3.63) is 28.7 Å². The van der Waals surface area contributed by atoms with Crippen LogP contribution in [0.25, 0.3) is 0 Å². The molecule has 0 aliphatic heterocycles. The maximum Gasteiger partial charge on any atom is 0.238 e. The Hall–Kier alpha value is -0.880. The lowest BCUT2D eigenvalue weighted by Crippen LogP contribution is -2.35. The summed E-state index contributed by atoms with van der Waals surface area (Å²) in [7, 11) is -3.55. The smallest absolute Gasteiger partial charge is 0.238 e. The summed E-state index contributed by atoms with van der Waals surface area (Å²) in [5, 5.41) is 0. The number of nitrogens with zero attached hydrogens (tertiary/aromatic N) is 1. The number of benzene rings is 1. The summed E-state index contributed by atoms with van der Waals surface area (Å²) in [6.07, 6.45) is 0. The maximum absolute atomic E-state index is 12.0. The second-order valence-corrected chi connectivity index (χ2v) is 6.68. The third-order valence-electron chi connectivity index (χ3n) is 2.60. The highest BCUT2D eigenvalue weighted by atomic mass is 79.9. The third-order valence-corrected chi connectivity index (χ3v) is 4.75.